The van der Waals surface area contributed by atoms with Crippen molar-refractivity contribution in [2.75, 3.05) is 4.90 Å². The summed E-state index contributed by atoms with van der Waals surface area (Å²) in [6.07, 6.45) is 1.20. The van der Waals surface area contributed by atoms with Crippen molar-refractivity contribution in [3.8, 4) is 11.5 Å². The molecule has 1 aliphatic heterocycles. The van der Waals surface area contributed by atoms with Crippen LogP contribution in [0.3, 0.4) is 0 Å². The number of rotatable bonds is 2. The van der Waals surface area contributed by atoms with Gasteiger partial charge in [-0.05, 0) is 48.7 Å². The van der Waals surface area contributed by atoms with Gasteiger partial charge in [0.1, 0.15) is 11.5 Å². The van der Waals surface area contributed by atoms with Gasteiger partial charge in [0.25, 0.3) is 0 Å². The van der Waals surface area contributed by atoms with Gasteiger partial charge in [-0.25, -0.2) is 4.79 Å². The van der Waals surface area contributed by atoms with E-state index in [0.717, 1.165) is 24.1 Å². The van der Waals surface area contributed by atoms with E-state index in [9.17, 15) is 9.90 Å². The second-order valence-electron chi connectivity index (χ2n) is 5.13. The molecule has 0 bridgehead atoms. The molecule has 1 aliphatic rings. The maximum atomic E-state index is 12.5. The van der Waals surface area contributed by atoms with Crippen LogP contribution in [0.25, 0.3) is 0 Å². The third-order valence-corrected chi connectivity index (χ3v) is 3.76. The van der Waals surface area contributed by atoms with Crippen LogP contribution in [0.4, 0.5) is 10.5 Å². The Morgan fingerprint density at radius 2 is 2.05 bits per heavy atom. The molecule has 1 atom stereocenters. The molecule has 0 fully saturated rings. The Morgan fingerprint density at radius 1 is 1.29 bits per heavy atom. The van der Waals surface area contributed by atoms with Crippen molar-refractivity contribution in [3.63, 3.8) is 0 Å². The maximum absolute atomic E-state index is 12.5. The van der Waals surface area contributed by atoms with E-state index in [2.05, 4.69) is 0 Å². The quantitative estimate of drug-likeness (QED) is 0.913. The van der Waals surface area contributed by atoms with Crippen molar-refractivity contribution in [2.24, 2.45) is 0 Å². The van der Waals surface area contributed by atoms with E-state index in [1.807, 2.05) is 25.1 Å². The molecule has 0 saturated carbocycles. The predicted octanol–water partition coefficient (Wildman–Crippen LogP) is 3.73. The Balaban J connectivity index is 1.88. The fourth-order valence-electron chi connectivity index (χ4n) is 2.73. The lowest BCUT2D eigenvalue weighted by Gasteiger charge is -2.23. The van der Waals surface area contributed by atoms with E-state index in [0.29, 0.717) is 5.75 Å². The summed E-state index contributed by atoms with van der Waals surface area (Å²) in [4.78, 5) is 14.2. The van der Waals surface area contributed by atoms with Crippen molar-refractivity contribution < 1.29 is 14.6 Å². The molecule has 0 saturated heterocycles. The first kappa shape index (κ1) is 13.5. The van der Waals surface area contributed by atoms with Crippen LogP contribution in [-0.2, 0) is 6.42 Å². The first-order valence-electron chi connectivity index (χ1n) is 7.07. The molecule has 21 heavy (non-hydrogen) atoms. The minimum Gasteiger partial charge on any atom is -0.508 e. The van der Waals surface area contributed by atoms with Crippen molar-refractivity contribution in [1.82, 2.24) is 0 Å². The van der Waals surface area contributed by atoms with Gasteiger partial charge >= 0.3 is 6.09 Å². The summed E-state index contributed by atoms with van der Waals surface area (Å²) in [5.74, 6) is 0.756. The fraction of sp³-hybridized carbons (Fsp3) is 0.235. The average Bonchev–Trinajstić information content (AvgIpc) is 2.85. The molecule has 0 aromatic heterocycles. The predicted molar refractivity (Wildman–Crippen MR) is 80.8 cm³/mol. The highest BCUT2D eigenvalue weighted by molar-refractivity contribution is 5.92. The lowest BCUT2D eigenvalue weighted by atomic mass is 10.1. The van der Waals surface area contributed by atoms with Gasteiger partial charge in [0.05, 0.1) is 5.69 Å². The monoisotopic (exact) mass is 283 g/mol. The smallest absolute Gasteiger partial charge is 0.420 e. The normalized spacial score (nSPS) is 16.6. The first-order chi connectivity index (χ1) is 10.2. The minimum absolute atomic E-state index is 0.0676. The van der Waals surface area contributed by atoms with Gasteiger partial charge in [0.15, 0.2) is 0 Å². The van der Waals surface area contributed by atoms with Crippen LogP contribution in [0.1, 0.15) is 18.9 Å². The summed E-state index contributed by atoms with van der Waals surface area (Å²) in [6.45, 7) is 2.04. The Hall–Kier alpha value is -2.49. The summed E-state index contributed by atoms with van der Waals surface area (Å²) in [7, 11) is 0. The molecular weight excluding hydrogens is 266 g/mol. The Labute approximate surface area is 123 Å². The SMILES string of the molecule is CC[C@@H]1Cc2cc(O)ccc2N1C(=O)Oc1ccccc1. The molecule has 4 heteroatoms. The molecule has 4 nitrogen and oxygen atoms in total. The third kappa shape index (κ3) is 2.57. The highest BCUT2D eigenvalue weighted by atomic mass is 16.6. The molecule has 3 rings (SSSR count). The molecule has 1 heterocycles. The van der Waals surface area contributed by atoms with Crippen LogP contribution in [0.15, 0.2) is 48.5 Å². The number of benzene rings is 2. The summed E-state index contributed by atoms with van der Waals surface area (Å²) >= 11 is 0. The molecule has 1 N–H and O–H groups in total. The van der Waals surface area contributed by atoms with E-state index in [1.165, 1.54) is 0 Å². The zero-order valence-electron chi connectivity index (χ0n) is 11.8. The zero-order valence-corrected chi connectivity index (χ0v) is 11.8. The number of fused-ring (bicyclic) bond motifs is 1. The summed E-state index contributed by atoms with van der Waals surface area (Å²) in [6, 6.07) is 14.2. The largest absolute Gasteiger partial charge is 0.508 e. The summed E-state index contributed by atoms with van der Waals surface area (Å²) < 4.78 is 5.44. The van der Waals surface area contributed by atoms with Gasteiger partial charge in [-0.3, -0.25) is 4.90 Å². The van der Waals surface area contributed by atoms with Crippen molar-refractivity contribution in [3.05, 3.63) is 54.1 Å². The number of amides is 1. The number of ether oxygens (including phenoxy) is 1. The van der Waals surface area contributed by atoms with Crippen molar-refractivity contribution in [2.45, 2.75) is 25.8 Å². The summed E-state index contributed by atoms with van der Waals surface area (Å²) in [5.41, 5.74) is 1.80. The van der Waals surface area contributed by atoms with Crippen LogP contribution in [0, 0.1) is 0 Å². The maximum Gasteiger partial charge on any atom is 0.420 e. The molecule has 0 aliphatic carbocycles. The van der Waals surface area contributed by atoms with Crippen molar-refractivity contribution >= 4 is 11.8 Å². The van der Waals surface area contributed by atoms with Gasteiger partial charge in [0.2, 0.25) is 0 Å². The molecule has 108 valence electrons. The number of phenolic OH excluding ortho intramolecular Hbond substituents is 1. The number of hydrogen-bond acceptors (Lipinski definition) is 3. The molecular formula is C17H17NO3. The highest BCUT2D eigenvalue weighted by Gasteiger charge is 2.34. The van der Waals surface area contributed by atoms with E-state index >= 15 is 0 Å². The Morgan fingerprint density at radius 3 is 2.76 bits per heavy atom. The minimum atomic E-state index is -0.377. The van der Waals surface area contributed by atoms with Gasteiger partial charge in [0, 0.05) is 6.04 Å². The Kier molecular flexibility index (Phi) is 3.52. The fourth-order valence-corrected chi connectivity index (χ4v) is 2.73. The Bertz CT molecular complexity index is 654. The van der Waals surface area contributed by atoms with Crippen LogP contribution in [-0.4, -0.2) is 17.2 Å². The van der Waals surface area contributed by atoms with Crippen LogP contribution in [0.5, 0.6) is 11.5 Å². The average molecular weight is 283 g/mol. The summed E-state index contributed by atoms with van der Waals surface area (Å²) in [5, 5.41) is 9.58. The second-order valence-corrected chi connectivity index (χ2v) is 5.13. The molecule has 0 radical (unpaired) electrons. The standard InChI is InChI=1S/C17H17NO3/c1-2-13-10-12-11-14(19)8-9-16(12)18(13)17(20)21-15-6-4-3-5-7-15/h3-9,11,13,19H,2,10H2,1H3/t13-/m1/s1. The third-order valence-electron chi connectivity index (χ3n) is 3.76. The van der Waals surface area contributed by atoms with Gasteiger partial charge in [-0.15, -0.1) is 0 Å². The van der Waals surface area contributed by atoms with Gasteiger partial charge < -0.3 is 9.84 Å². The van der Waals surface area contributed by atoms with Crippen LogP contribution < -0.4 is 9.64 Å². The molecule has 2 aromatic rings. The topological polar surface area (TPSA) is 49.8 Å². The van der Waals surface area contributed by atoms with Crippen molar-refractivity contribution in [1.29, 1.82) is 0 Å². The lowest BCUT2D eigenvalue weighted by molar-refractivity contribution is 0.205. The number of para-hydroxylation sites is 1. The lowest BCUT2D eigenvalue weighted by Crippen LogP contribution is -2.39. The highest BCUT2D eigenvalue weighted by Crippen LogP contribution is 2.36. The number of nitrogens with zero attached hydrogens (tertiary/aromatic N) is 1. The van der Waals surface area contributed by atoms with Gasteiger partial charge in [-0.1, -0.05) is 25.1 Å². The van der Waals surface area contributed by atoms with Gasteiger partial charge in [-0.2, -0.15) is 0 Å². The second kappa shape index (κ2) is 5.48. The zero-order chi connectivity index (χ0) is 14.8. The number of anilines is 1. The molecule has 1 amide bonds. The molecule has 0 spiro atoms. The number of aromatic hydroxyl groups is 1. The number of carbonyl (C=O) groups is 1. The molecule has 0 unspecified atom stereocenters. The van der Waals surface area contributed by atoms with E-state index < -0.39 is 0 Å². The molecule has 2 aromatic carbocycles. The number of hydrogen-bond donors (Lipinski definition) is 1. The van der Waals surface area contributed by atoms with Crippen LogP contribution in [0.2, 0.25) is 0 Å². The van der Waals surface area contributed by atoms with E-state index in [-0.39, 0.29) is 17.9 Å². The number of phenols is 1. The van der Waals surface area contributed by atoms with Crippen LogP contribution >= 0.6 is 0 Å². The first-order valence-corrected chi connectivity index (χ1v) is 7.07. The van der Waals surface area contributed by atoms with E-state index in [1.54, 1.807) is 35.2 Å². The van der Waals surface area contributed by atoms with E-state index in [4.69, 9.17) is 4.74 Å². The number of carbonyl (C=O) groups excluding carboxylic acids is 1.